The van der Waals surface area contributed by atoms with Gasteiger partial charge in [0.15, 0.2) is 0 Å². The minimum Gasteiger partial charge on any atom is -0.372 e. The van der Waals surface area contributed by atoms with Crippen molar-refractivity contribution in [1.29, 1.82) is 0 Å². The lowest BCUT2D eigenvalue weighted by Crippen LogP contribution is -2.43. The molecular weight excluding hydrogens is 338 g/mol. The van der Waals surface area contributed by atoms with Crippen LogP contribution in [0.1, 0.15) is 39.5 Å². The van der Waals surface area contributed by atoms with Gasteiger partial charge in [0, 0.05) is 37.4 Å². The highest BCUT2D eigenvalue weighted by atomic mass is 16.2. The van der Waals surface area contributed by atoms with Gasteiger partial charge in [-0.25, -0.2) is 0 Å². The van der Waals surface area contributed by atoms with Crippen LogP contribution in [0.5, 0.6) is 0 Å². The van der Waals surface area contributed by atoms with Gasteiger partial charge in [-0.2, -0.15) is 0 Å². The van der Waals surface area contributed by atoms with Crippen molar-refractivity contribution in [1.82, 2.24) is 25.8 Å². The number of amides is 1. The summed E-state index contributed by atoms with van der Waals surface area (Å²) >= 11 is 0. The first kappa shape index (κ1) is 19.5. The van der Waals surface area contributed by atoms with Crippen LogP contribution in [-0.2, 0) is 4.79 Å². The molecule has 0 radical (unpaired) electrons. The Labute approximate surface area is 163 Å². The predicted octanol–water partition coefficient (Wildman–Crippen LogP) is 2.02. The molecule has 0 spiro atoms. The third-order valence-electron chi connectivity index (χ3n) is 5.47. The van der Waals surface area contributed by atoms with Gasteiger partial charge < -0.3 is 20.4 Å². The van der Waals surface area contributed by atoms with Gasteiger partial charge in [0.25, 0.3) is 5.91 Å². The second-order valence-corrected chi connectivity index (χ2v) is 7.21. The first-order chi connectivity index (χ1) is 13.2. The molecule has 0 aromatic rings. The number of allylic oxidation sites excluding steroid dienone is 3. The van der Waals surface area contributed by atoms with Crippen LogP contribution in [-0.4, -0.2) is 55.1 Å². The van der Waals surface area contributed by atoms with Crippen LogP contribution >= 0.6 is 0 Å². The highest BCUT2D eigenvalue weighted by Crippen LogP contribution is 2.25. The Bertz CT molecular complexity index is 670. The van der Waals surface area contributed by atoms with E-state index in [0.29, 0.717) is 6.54 Å². The molecule has 6 heteroatoms. The lowest BCUT2D eigenvalue weighted by atomic mass is 10.0. The van der Waals surface area contributed by atoms with E-state index in [4.69, 9.17) is 0 Å². The number of rotatable bonds is 6. The van der Waals surface area contributed by atoms with Crippen LogP contribution in [0, 0.1) is 0 Å². The third kappa shape index (κ3) is 4.38. The molecule has 0 aromatic carbocycles. The minimum absolute atomic E-state index is 0.125. The van der Waals surface area contributed by atoms with Crippen molar-refractivity contribution in [3.8, 4) is 0 Å². The first-order valence-electron chi connectivity index (χ1n) is 10.2. The summed E-state index contributed by atoms with van der Waals surface area (Å²) in [4.78, 5) is 17.2. The number of hydrogen-bond acceptors (Lipinski definition) is 5. The number of nitrogens with zero attached hydrogens (tertiary/aromatic N) is 2. The minimum atomic E-state index is 0.125. The fourth-order valence-electron chi connectivity index (χ4n) is 3.93. The normalized spacial score (nSPS) is 22.6. The van der Waals surface area contributed by atoms with Gasteiger partial charge in [0.2, 0.25) is 0 Å². The van der Waals surface area contributed by atoms with Crippen molar-refractivity contribution in [2.24, 2.45) is 0 Å². The van der Waals surface area contributed by atoms with Crippen molar-refractivity contribution in [3.05, 3.63) is 47.1 Å². The van der Waals surface area contributed by atoms with E-state index in [2.05, 4.69) is 52.9 Å². The molecule has 148 valence electrons. The Balaban J connectivity index is 1.84. The quantitative estimate of drug-likeness (QED) is 0.667. The zero-order chi connectivity index (χ0) is 19.2. The monoisotopic (exact) mass is 371 g/mol. The molecule has 3 N–H and O–H groups in total. The number of carbonyl (C=O) groups excluding carboxylic acids is 1. The number of piperidine rings is 1. The van der Waals surface area contributed by atoms with Crippen LogP contribution in [0.25, 0.3) is 0 Å². The maximum absolute atomic E-state index is 12.9. The molecule has 27 heavy (non-hydrogen) atoms. The van der Waals surface area contributed by atoms with Gasteiger partial charge in [-0.3, -0.25) is 10.1 Å². The lowest BCUT2D eigenvalue weighted by molar-refractivity contribution is -0.128. The van der Waals surface area contributed by atoms with Crippen molar-refractivity contribution < 1.29 is 4.79 Å². The second kappa shape index (κ2) is 9.13. The molecule has 0 aromatic heterocycles. The van der Waals surface area contributed by atoms with Crippen LogP contribution in [0.2, 0.25) is 0 Å². The first-order valence-corrected chi connectivity index (χ1v) is 10.2. The third-order valence-corrected chi connectivity index (χ3v) is 5.47. The average molecular weight is 372 g/mol. The summed E-state index contributed by atoms with van der Waals surface area (Å²) in [6.07, 6.45) is 12.9. The summed E-state index contributed by atoms with van der Waals surface area (Å²) in [6, 6.07) is 0. The van der Waals surface area contributed by atoms with Gasteiger partial charge in [0.05, 0.1) is 6.17 Å². The molecule has 1 atom stereocenters. The van der Waals surface area contributed by atoms with Gasteiger partial charge in [-0.1, -0.05) is 6.92 Å². The maximum Gasteiger partial charge on any atom is 0.251 e. The molecule has 1 saturated heterocycles. The fourth-order valence-corrected chi connectivity index (χ4v) is 3.93. The number of dihydropyridines is 2. The van der Waals surface area contributed by atoms with E-state index in [9.17, 15) is 4.79 Å². The largest absolute Gasteiger partial charge is 0.372 e. The molecule has 3 aliphatic heterocycles. The van der Waals surface area contributed by atoms with Gasteiger partial charge in [-0.05, 0) is 69.7 Å². The van der Waals surface area contributed by atoms with E-state index in [0.717, 1.165) is 56.0 Å². The predicted molar refractivity (Wildman–Crippen MR) is 109 cm³/mol. The smallest absolute Gasteiger partial charge is 0.251 e. The number of likely N-dealkylation sites (tertiary alicyclic amines) is 1. The summed E-state index contributed by atoms with van der Waals surface area (Å²) < 4.78 is 0. The SMILES string of the molecule is CCC1=C(N(CC)C2=CC(NC)NC=C2)NCC(C(=O)N2CCCCC2)=C1. The number of nitrogens with one attached hydrogen (secondary N) is 3. The number of likely N-dealkylation sites (N-methyl/N-ethyl adjacent to an activating group) is 2. The molecular formula is C21H33N5O. The molecule has 1 amide bonds. The molecule has 0 saturated carbocycles. The van der Waals surface area contributed by atoms with Crippen LogP contribution < -0.4 is 16.0 Å². The molecule has 6 nitrogen and oxygen atoms in total. The standard InChI is InChI=1S/C21H33N5O/c1-4-16-13-17(21(27)25-11-7-6-8-12-25)15-24-20(16)26(5-2)18-9-10-23-19(14-18)22-3/h9-10,13-14,19,22-24H,4-8,11-12,15H2,1-3H3. The number of hydrogen-bond donors (Lipinski definition) is 3. The molecule has 1 unspecified atom stereocenters. The topological polar surface area (TPSA) is 59.6 Å². The Kier molecular flexibility index (Phi) is 6.61. The van der Waals surface area contributed by atoms with Crippen LogP contribution in [0.15, 0.2) is 47.1 Å². The van der Waals surface area contributed by atoms with E-state index in [1.807, 2.05) is 18.1 Å². The van der Waals surface area contributed by atoms with Crippen molar-refractivity contribution >= 4 is 5.91 Å². The Morgan fingerprint density at radius 1 is 1.30 bits per heavy atom. The van der Waals surface area contributed by atoms with E-state index in [1.165, 1.54) is 12.0 Å². The number of carbonyl (C=O) groups is 1. The molecule has 3 aliphatic rings. The highest BCUT2D eigenvalue weighted by Gasteiger charge is 2.26. The van der Waals surface area contributed by atoms with Crippen LogP contribution in [0.4, 0.5) is 0 Å². The summed E-state index contributed by atoms with van der Waals surface area (Å²) in [5.41, 5.74) is 3.23. The van der Waals surface area contributed by atoms with Crippen LogP contribution in [0.3, 0.4) is 0 Å². The molecule has 0 aliphatic carbocycles. The Morgan fingerprint density at radius 3 is 2.74 bits per heavy atom. The highest BCUT2D eigenvalue weighted by molar-refractivity contribution is 5.94. The summed E-state index contributed by atoms with van der Waals surface area (Å²) in [6.45, 7) is 7.55. The summed E-state index contributed by atoms with van der Waals surface area (Å²) in [5, 5.41) is 10.1. The average Bonchev–Trinajstić information content (AvgIpc) is 2.74. The van der Waals surface area contributed by atoms with Gasteiger partial charge >= 0.3 is 0 Å². The van der Waals surface area contributed by atoms with E-state index < -0.39 is 0 Å². The Morgan fingerprint density at radius 2 is 2.07 bits per heavy atom. The van der Waals surface area contributed by atoms with E-state index in [-0.39, 0.29) is 12.1 Å². The van der Waals surface area contributed by atoms with Crippen molar-refractivity contribution in [3.63, 3.8) is 0 Å². The second-order valence-electron chi connectivity index (χ2n) is 7.21. The van der Waals surface area contributed by atoms with Gasteiger partial charge in [-0.15, -0.1) is 0 Å². The molecule has 1 fully saturated rings. The lowest BCUT2D eigenvalue weighted by Gasteiger charge is -2.35. The zero-order valence-corrected chi connectivity index (χ0v) is 16.8. The summed E-state index contributed by atoms with van der Waals surface area (Å²) in [5.74, 6) is 1.31. The van der Waals surface area contributed by atoms with Gasteiger partial charge in [0.1, 0.15) is 5.82 Å². The maximum atomic E-state index is 12.9. The zero-order valence-electron chi connectivity index (χ0n) is 16.8. The van der Waals surface area contributed by atoms with E-state index in [1.54, 1.807) is 0 Å². The molecule has 3 rings (SSSR count). The molecule has 3 heterocycles. The van der Waals surface area contributed by atoms with Crippen molar-refractivity contribution in [2.75, 3.05) is 33.2 Å². The van der Waals surface area contributed by atoms with Crippen molar-refractivity contribution in [2.45, 2.75) is 45.7 Å². The summed E-state index contributed by atoms with van der Waals surface area (Å²) in [7, 11) is 1.94. The van der Waals surface area contributed by atoms with E-state index >= 15 is 0 Å². The fraction of sp³-hybridized carbons (Fsp3) is 0.571. The molecule has 0 bridgehead atoms. The Hall–Kier alpha value is -2.21.